The summed E-state index contributed by atoms with van der Waals surface area (Å²) in [6.45, 7) is 25.6. The van der Waals surface area contributed by atoms with Crippen LogP contribution in [-0.2, 0) is 28.9 Å². The smallest absolute Gasteiger partial charge is 0.421 e. The van der Waals surface area contributed by atoms with Gasteiger partial charge in [-0.2, -0.15) is 0 Å². The van der Waals surface area contributed by atoms with Crippen molar-refractivity contribution >= 4 is 52.5 Å². The molecule has 13 heteroatoms. The predicted molar refractivity (Wildman–Crippen MR) is 260 cm³/mol. The second-order valence-corrected chi connectivity index (χ2v) is 18.9. The number of carbonyl (C=O) groups is 4. The molecule has 334 valence electrons. The van der Waals surface area contributed by atoms with Gasteiger partial charge in [-0.05, 0) is 123 Å². The summed E-state index contributed by atoms with van der Waals surface area (Å²) in [5, 5.41) is 0. The Morgan fingerprint density at radius 3 is 1.68 bits per heavy atom. The number of aromatic nitrogens is 2. The summed E-state index contributed by atoms with van der Waals surface area (Å²) in [6.07, 6.45) is 7.95. The number of allylic oxidation sites excluding steroid dienone is 1. The third kappa shape index (κ3) is 8.84. The van der Waals surface area contributed by atoms with Crippen LogP contribution in [0.5, 0.6) is 28.7 Å². The maximum absolute atomic E-state index is 13.3. The number of rotatable bonds is 14. The number of fused-ring (bicyclic) bond motifs is 4. The number of nitrogens with zero attached hydrogens (tertiary/aromatic N) is 2. The lowest BCUT2D eigenvalue weighted by Gasteiger charge is -2.26. The lowest BCUT2D eigenvalue weighted by molar-refractivity contribution is -0.130. The molecule has 2 unspecified atom stereocenters. The highest BCUT2D eigenvalue weighted by Crippen LogP contribution is 2.55. The van der Waals surface area contributed by atoms with E-state index in [0.717, 1.165) is 27.9 Å². The van der Waals surface area contributed by atoms with Crippen LogP contribution < -0.4 is 22.8 Å². The number of carbonyl (C=O) groups excluding carboxylic acids is 4. The molecule has 2 aromatic heterocycles. The Morgan fingerprint density at radius 2 is 1.20 bits per heavy atom. The Bertz CT molecular complexity index is 3080. The zero-order chi connectivity index (χ0) is 47.1. The minimum Gasteiger partial charge on any atom is -0.423 e. The normalized spacial score (nSPS) is 14.6. The molecule has 0 saturated heterocycles. The Kier molecular flexibility index (Phi) is 12.7. The fourth-order valence-electron chi connectivity index (χ4n) is 8.03. The predicted octanol–water partition coefficient (Wildman–Crippen LogP) is 12.7. The molecular formula is C53H48N2O9P2. The van der Waals surface area contributed by atoms with Crippen molar-refractivity contribution in [3.8, 4) is 39.9 Å². The van der Waals surface area contributed by atoms with E-state index in [4.69, 9.17) is 22.8 Å². The van der Waals surface area contributed by atoms with E-state index in [2.05, 4.69) is 26.3 Å². The van der Waals surface area contributed by atoms with Crippen molar-refractivity contribution < 1.29 is 42.0 Å². The quantitative estimate of drug-likeness (QED) is 0.0345. The molecular weight excluding hydrogens is 871 g/mol. The van der Waals surface area contributed by atoms with Crippen LogP contribution in [0.15, 0.2) is 123 Å². The SMILES string of the molecule is C=Cc1ccc2c(c1)Cc1c(C(C)=O)ccn1P(Oc1cc(OC(=O)C(=C)C)cc(C)c1-c1c(OP3Oc4ccc(C=C)cc4Cc4c(C(C)=O)ccn43)ccc(CC(=O)C(=C)C)c1C)O2. The first-order valence-electron chi connectivity index (χ1n) is 21.1. The van der Waals surface area contributed by atoms with E-state index in [1.54, 1.807) is 68.7 Å². The molecule has 6 aromatic rings. The van der Waals surface area contributed by atoms with Crippen LogP contribution in [0.2, 0.25) is 0 Å². The van der Waals surface area contributed by atoms with Crippen molar-refractivity contribution in [2.24, 2.45) is 0 Å². The third-order valence-electron chi connectivity index (χ3n) is 11.6. The number of hydrogen-bond acceptors (Lipinski definition) is 9. The molecule has 66 heavy (non-hydrogen) atoms. The van der Waals surface area contributed by atoms with Gasteiger partial charge >= 0.3 is 23.0 Å². The first-order valence-corrected chi connectivity index (χ1v) is 23.4. The number of esters is 1. The molecule has 0 N–H and O–H groups in total. The van der Waals surface area contributed by atoms with E-state index < -0.39 is 23.0 Å². The minimum absolute atomic E-state index is 0.0613. The molecule has 2 aliphatic heterocycles. The van der Waals surface area contributed by atoms with Crippen molar-refractivity contribution in [3.63, 3.8) is 0 Å². The number of ketones is 3. The summed E-state index contributed by atoms with van der Waals surface area (Å²) in [7, 11) is -4.10. The van der Waals surface area contributed by atoms with E-state index in [0.29, 0.717) is 80.3 Å². The largest absolute Gasteiger partial charge is 0.423 e. The molecule has 8 rings (SSSR count). The fraction of sp³-hybridized carbons (Fsp3) is 0.170. The molecule has 0 aliphatic carbocycles. The highest BCUT2D eigenvalue weighted by atomic mass is 31.2. The molecule has 0 bridgehead atoms. The fourth-order valence-corrected chi connectivity index (χ4v) is 10.9. The molecule has 2 atom stereocenters. The average molecular weight is 919 g/mol. The molecule has 0 fully saturated rings. The molecule has 0 amide bonds. The zero-order valence-electron chi connectivity index (χ0n) is 37.7. The van der Waals surface area contributed by atoms with Gasteiger partial charge in [0.25, 0.3) is 0 Å². The van der Waals surface area contributed by atoms with Gasteiger partial charge in [0.2, 0.25) is 0 Å². The number of benzene rings is 4. The summed E-state index contributed by atoms with van der Waals surface area (Å²) in [4.78, 5) is 52.5. The average Bonchev–Trinajstić information content (AvgIpc) is 3.82. The second kappa shape index (κ2) is 18.4. The Morgan fingerprint density at radius 1 is 0.667 bits per heavy atom. The van der Waals surface area contributed by atoms with Gasteiger partial charge in [-0.15, -0.1) is 0 Å². The van der Waals surface area contributed by atoms with Gasteiger partial charge in [-0.1, -0.05) is 56.7 Å². The van der Waals surface area contributed by atoms with E-state index in [9.17, 15) is 19.2 Å². The van der Waals surface area contributed by atoms with Crippen LogP contribution in [0.3, 0.4) is 0 Å². The number of aryl methyl sites for hydroxylation is 1. The van der Waals surface area contributed by atoms with Crippen molar-refractivity contribution in [2.45, 2.75) is 60.8 Å². The highest BCUT2D eigenvalue weighted by Gasteiger charge is 2.34. The van der Waals surface area contributed by atoms with E-state index in [-0.39, 0.29) is 40.8 Å². The zero-order valence-corrected chi connectivity index (χ0v) is 39.4. The Labute approximate surface area is 386 Å². The van der Waals surface area contributed by atoms with Crippen molar-refractivity contribution in [2.75, 3.05) is 0 Å². The second-order valence-electron chi connectivity index (χ2n) is 16.4. The van der Waals surface area contributed by atoms with E-state index in [1.807, 2.05) is 65.0 Å². The van der Waals surface area contributed by atoms with Crippen molar-refractivity contribution in [3.05, 3.63) is 184 Å². The topological polar surface area (TPSA) is 124 Å². The van der Waals surface area contributed by atoms with Crippen LogP contribution in [-0.4, -0.2) is 32.0 Å². The molecule has 4 aromatic carbocycles. The van der Waals surface area contributed by atoms with Crippen LogP contribution >= 0.6 is 17.1 Å². The number of ether oxygens (including phenoxy) is 1. The number of Topliss-reactive ketones (excluding diaryl/α,β-unsaturated/α-hetero) is 3. The van der Waals surface area contributed by atoms with Gasteiger partial charge in [0.15, 0.2) is 17.3 Å². The standard InChI is InChI=1S/C53H48N2O9P2/c1-11-36-13-16-47-39(24-36)26-44-42(34(9)56)19-21-54(44)65(61-47)63-49-18-15-38(28-46(58)30(3)4)33(8)52(49)51-32(7)23-41(60-53(59)31(5)6)29-50(51)64-66-55-22-20-43(35(10)57)45(55)27-40-25-37(12-2)14-17-48(40)62-66/h11-25,29H,1-3,5,26-28H2,4,6-10H3. The molecule has 4 heterocycles. The van der Waals surface area contributed by atoms with Gasteiger partial charge in [0.05, 0.1) is 0 Å². The number of hydrogen-bond donors (Lipinski definition) is 0. The van der Waals surface area contributed by atoms with E-state index in [1.165, 1.54) is 13.8 Å². The first kappa shape index (κ1) is 45.5. The first-order chi connectivity index (χ1) is 31.5. The summed E-state index contributed by atoms with van der Waals surface area (Å²) >= 11 is 0. The summed E-state index contributed by atoms with van der Waals surface area (Å²) < 4.78 is 37.3. The Balaban J connectivity index is 1.34. The van der Waals surface area contributed by atoms with Crippen LogP contribution in [0.4, 0.5) is 0 Å². The third-order valence-corrected chi connectivity index (χ3v) is 14.4. The lowest BCUT2D eigenvalue weighted by atomic mass is 9.90. The summed E-state index contributed by atoms with van der Waals surface area (Å²) in [5.74, 6) is 1.02. The van der Waals surface area contributed by atoms with Crippen molar-refractivity contribution in [1.29, 1.82) is 0 Å². The van der Waals surface area contributed by atoms with Crippen LogP contribution in [0, 0.1) is 13.8 Å². The van der Waals surface area contributed by atoms with Gasteiger partial charge in [-0.3, -0.25) is 23.1 Å². The van der Waals surface area contributed by atoms with Gasteiger partial charge in [0, 0.05) is 88.1 Å². The molecule has 2 aliphatic rings. The van der Waals surface area contributed by atoms with Gasteiger partial charge in [-0.25, -0.2) is 4.79 Å². The van der Waals surface area contributed by atoms with Crippen LogP contribution in [0.25, 0.3) is 23.3 Å². The molecule has 0 spiro atoms. The van der Waals surface area contributed by atoms with Gasteiger partial charge < -0.3 is 22.8 Å². The lowest BCUT2D eigenvalue weighted by Crippen LogP contribution is -2.11. The summed E-state index contributed by atoms with van der Waals surface area (Å²) in [5.41, 5.74) is 9.81. The maximum atomic E-state index is 13.3. The summed E-state index contributed by atoms with van der Waals surface area (Å²) in [6, 6.07) is 22.1. The maximum Gasteiger partial charge on any atom is 0.421 e. The Hall–Kier alpha value is -7.06. The minimum atomic E-state index is -2.09. The van der Waals surface area contributed by atoms with Crippen LogP contribution in [0.1, 0.15) is 98.7 Å². The monoisotopic (exact) mass is 918 g/mol. The van der Waals surface area contributed by atoms with Crippen molar-refractivity contribution in [1.82, 2.24) is 8.68 Å². The molecule has 11 nitrogen and oxygen atoms in total. The molecule has 0 saturated carbocycles. The molecule has 0 radical (unpaired) electrons. The highest BCUT2D eigenvalue weighted by molar-refractivity contribution is 7.46. The van der Waals surface area contributed by atoms with Gasteiger partial charge in [0.1, 0.15) is 28.7 Å². The van der Waals surface area contributed by atoms with E-state index >= 15 is 0 Å².